The molecule has 35 heavy (non-hydrogen) atoms. The molecule has 5 rings (SSSR count). The summed E-state index contributed by atoms with van der Waals surface area (Å²) in [6.07, 6.45) is 4.02. The number of benzene rings is 3. The van der Waals surface area contributed by atoms with Crippen molar-refractivity contribution in [3.05, 3.63) is 114 Å². The second kappa shape index (κ2) is 10.3. The molecule has 0 unspecified atom stereocenters. The van der Waals surface area contributed by atoms with Crippen molar-refractivity contribution in [2.24, 2.45) is 0 Å². The molecule has 0 fully saturated rings. The van der Waals surface area contributed by atoms with Crippen molar-refractivity contribution in [1.29, 1.82) is 0 Å². The number of hydrogen-bond acceptors (Lipinski definition) is 4. The third kappa shape index (κ3) is 5.44. The molecule has 2 aromatic heterocycles. The maximum absolute atomic E-state index is 12.6. The molecule has 0 saturated carbocycles. The lowest BCUT2D eigenvalue weighted by molar-refractivity contribution is 0.0992. The lowest BCUT2D eigenvalue weighted by atomic mass is 10.0. The van der Waals surface area contributed by atoms with Crippen molar-refractivity contribution >= 4 is 22.5 Å². The van der Waals surface area contributed by atoms with Crippen LogP contribution in [-0.2, 0) is 19.6 Å². The van der Waals surface area contributed by atoms with Crippen molar-refractivity contribution in [3.63, 3.8) is 0 Å². The van der Waals surface area contributed by atoms with E-state index in [0.717, 1.165) is 18.6 Å². The highest BCUT2D eigenvalue weighted by molar-refractivity contribution is 6.01. The first-order chi connectivity index (χ1) is 17.2. The van der Waals surface area contributed by atoms with Crippen molar-refractivity contribution in [2.45, 2.75) is 32.9 Å². The fourth-order valence-corrected chi connectivity index (χ4v) is 4.07. The molecular weight excluding hydrogens is 438 g/mol. The standard InChI is InChI=1S/C29H27N3O3/c1-2-6-21-11-13-24(14-12-21)34-20-25-15-16-27(35-25)29(33)30-28-17-18-32(31-28)19-23-9-5-8-22-7-3-4-10-26(22)23/h3-5,7-18H,2,6,19-20H2,1H3,(H,30,31,33). The van der Waals surface area contributed by atoms with Gasteiger partial charge in [0.25, 0.3) is 5.91 Å². The van der Waals surface area contributed by atoms with Gasteiger partial charge in [0, 0.05) is 12.3 Å². The Morgan fingerprint density at radius 2 is 1.80 bits per heavy atom. The fraction of sp³-hybridized carbons (Fsp3) is 0.172. The molecule has 6 heteroatoms. The number of nitrogens with zero attached hydrogens (tertiary/aromatic N) is 2. The van der Waals surface area contributed by atoms with Gasteiger partial charge in [0.1, 0.15) is 18.1 Å². The number of anilines is 1. The monoisotopic (exact) mass is 465 g/mol. The van der Waals surface area contributed by atoms with Crippen LogP contribution in [0.4, 0.5) is 5.82 Å². The largest absolute Gasteiger partial charge is 0.486 e. The number of rotatable bonds is 9. The summed E-state index contributed by atoms with van der Waals surface area (Å²) in [6, 6.07) is 27.7. The molecule has 176 valence electrons. The quantitative estimate of drug-likeness (QED) is 0.271. The molecule has 0 radical (unpaired) electrons. The third-order valence-electron chi connectivity index (χ3n) is 5.82. The molecule has 0 aliphatic carbocycles. The number of carbonyl (C=O) groups excluding carboxylic acids is 1. The lowest BCUT2D eigenvalue weighted by Gasteiger charge is -2.07. The van der Waals surface area contributed by atoms with Crippen LogP contribution in [0.25, 0.3) is 10.8 Å². The van der Waals surface area contributed by atoms with Gasteiger partial charge in [0.2, 0.25) is 0 Å². The maximum atomic E-state index is 12.6. The van der Waals surface area contributed by atoms with Gasteiger partial charge in [-0.15, -0.1) is 0 Å². The Labute approximate surface area is 204 Å². The smallest absolute Gasteiger partial charge is 0.292 e. The minimum atomic E-state index is -0.351. The molecule has 0 spiro atoms. The number of amides is 1. The summed E-state index contributed by atoms with van der Waals surface area (Å²) >= 11 is 0. The molecule has 0 saturated heterocycles. The summed E-state index contributed by atoms with van der Waals surface area (Å²) in [4.78, 5) is 12.6. The lowest BCUT2D eigenvalue weighted by Crippen LogP contribution is -2.12. The van der Waals surface area contributed by atoms with Crippen molar-refractivity contribution in [1.82, 2.24) is 9.78 Å². The molecule has 5 aromatic rings. The Hall–Kier alpha value is -4.32. The first-order valence-electron chi connectivity index (χ1n) is 11.8. The second-order valence-corrected chi connectivity index (χ2v) is 8.44. The molecule has 2 heterocycles. The summed E-state index contributed by atoms with van der Waals surface area (Å²) in [6.45, 7) is 3.02. The van der Waals surface area contributed by atoms with Gasteiger partial charge < -0.3 is 14.5 Å². The Kier molecular flexibility index (Phi) is 6.61. The van der Waals surface area contributed by atoms with Crippen LogP contribution in [0.5, 0.6) is 5.75 Å². The Bertz CT molecular complexity index is 1430. The minimum Gasteiger partial charge on any atom is -0.486 e. The van der Waals surface area contributed by atoms with Crippen LogP contribution in [0.2, 0.25) is 0 Å². The Balaban J connectivity index is 1.18. The van der Waals surface area contributed by atoms with Gasteiger partial charge in [0.15, 0.2) is 11.6 Å². The predicted octanol–water partition coefficient (Wildman–Crippen LogP) is 6.46. The summed E-state index contributed by atoms with van der Waals surface area (Å²) in [5.41, 5.74) is 2.45. The third-order valence-corrected chi connectivity index (χ3v) is 5.82. The van der Waals surface area contributed by atoms with Crippen LogP contribution < -0.4 is 10.1 Å². The Morgan fingerprint density at radius 1 is 0.971 bits per heavy atom. The molecule has 1 amide bonds. The van der Waals surface area contributed by atoms with Crippen molar-refractivity contribution < 1.29 is 13.9 Å². The second-order valence-electron chi connectivity index (χ2n) is 8.44. The van der Waals surface area contributed by atoms with Crippen molar-refractivity contribution in [3.8, 4) is 5.75 Å². The number of nitrogens with one attached hydrogen (secondary N) is 1. The first kappa shape index (κ1) is 22.5. The zero-order valence-electron chi connectivity index (χ0n) is 19.6. The van der Waals surface area contributed by atoms with E-state index < -0.39 is 0 Å². The highest BCUT2D eigenvalue weighted by Gasteiger charge is 2.14. The number of fused-ring (bicyclic) bond motifs is 1. The van der Waals surface area contributed by atoms with Gasteiger partial charge in [-0.25, -0.2) is 0 Å². The Morgan fingerprint density at radius 3 is 2.66 bits per heavy atom. The van der Waals surface area contributed by atoms with E-state index in [0.29, 0.717) is 18.1 Å². The zero-order valence-corrected chi connectivity index (χ0v) is 19.6. The van der Waals surface area contributed by atoms with Crippen LogP contribution in [0.15, 0.2) is 95.5 Å². The van der Waals surface area contributed by atoms with Crippen LogP contribution in [0.3, 0.4) is 0 Å². The van der Waals surface area contributed by atoms with E-state index in [1.54, 1.807) is 18.2 Å². The molecule has 0 aliphatic heterocycles. The summed E-state index contributed by atoms with van der Waals surface area (Å²) in [5, 5.41) is 9.68. The van der Waals surface area contributed by atoms with E-state index in [1.165, 1.54) is 21.9 Å². The predicted molar refractivity (Wildman–Crippen MR) is 137 cm³/mol. The molecule has 3 aromatic carbocycles. The number of aromatic nitrogens is 2. The van der Waals surface area contributed by atoms with E-state index in [4.69, 9.17) is 9.15 Å². The molecule has 1 N–H and O–H groups in total. The zero-order chi connectivity index (χ0) is 24.0. The fourth-order valence-electron chi connectivity index (χ4n) is 4.07. The van der Waals surface area contributed by atoms with Gasteiger partial charge >= 0.3 is 0 Å². The van der Waals surface area contributed by atoms with Crippen LogP contribution in [0, 0.1) is 0 Å². The van der Waals surface area contributed by atoms with E-state index in [-0.39, 0.29) is 18.3 Å². The van der Waals surface area contributed by atoms with Crippen molar-refractivity contribution in [2.75, 3.05) is 5.32 Å². The molecule has 0 aliphatic rings. The normalized spacial score (nSPS) is 11.0. The SMILES string of the molecule is CCCc1ccc(OCc2ccc(C(=O)Nc3ccn(Cc4cccc5ccccc45)n3)o2)cc1. The molecule has 0 atom stereocenters. The van der Waals surface area contributed by atoms with E-state index in [9.17, 15) is 4.79 Å². The van der Waals surface area contributed by atoms with Gasteiger partial charge in [-0.2, -0.15) is 5.10 Å². The molecular formula is C29H27N3O3. The number of carbonyl (C=O) groups is 1. The number of hydrogen-bond donors (Lipinski definition) is 1. The molecule has 6 nitrogen and oxygen atoms in total. The van der Waals surface area contributed by atoms with E-state index in [1.807, 2.05) is 41.2 Å². The first-order valence-corrected chi connectivity index (χ1v) is 11.8. The van der Waals surface area contributed by atoms with Gasteiger partial charge in [-0.3, -0.25) is 9.48 Å². The summed E-state index contributed by atoms with van der Waals surface area (Å²) < 4.78 is 13.3. The van der Waals surface area contributed by atoms with Crippen LogP contribution >= 0.6 is 0 Å². The van der Waals surface area contributed by atoms with Gasteiger partial charge in [-0.1, -0.05) is 67.9 Å². The van der Waals surface area contributed by atoms with Gasteiger partial charge in [0.05, 0.1) is 6.54 Å². The summed E-state index contributed by atoms with van der Waals surface area (Å²) in [5.74, 6) is 1.68. The van der Waals surface area contributed by atoms with Crippen LogP contribution in [0.1, 0.15) is 40.8 Å². The average Bonchev–Trinajstić information content (AvgIpc) is 3.54. The molecule has 0 bridgehead atoms. The highest BCUT2D eigenvalue weighted by atomic mass is 16.5. The maximum Gasteiger partial charge on any atom is 0.292 e. The van der Waals surface area contributed by atoms with E-state index >= 15 is 0 Å². The minimum absolute atomic E-state index is 0.213. The van der Waals surface area contributed by atoms with Gasteiger partial charge in [-0.05, 0) is 52.6 Å². The highest BCUT2D eigenvalue weighted by Crippen LogP contribution is 2.20. The number of aryl methyl sites for hydroxylation is 1. The number of furan rings is 1. The van der Waals surface area contributed by atoms with Crippen LogP contribution in [-0.4, -0.2) is 15.7 Å². The topological polar surface area (TPSA) is 69.3 Å². The van der Waals surface area contributed by atoms with E-state index in [2.05, 4.69) is 53.7 Å². The summed E-state index contributed by atoms with van der Waals surface area (Å²) in [7, 11) is 0. The average molecular weight is 466 g/mol. The number of ether oxygens (including phenoxy) is 1.